The van der Waals surface area contributed by atoms with E-state index in [0.717, 1.165) is 11.8 Å². The molecule has 1 aromatic carbocycles. The van der Waals surface area contributed by atoms with Gasteiger partial charge in [0.1, 0.15) is 0 Å². The van der Waals surface area contributed by atoms with Gasteiger partial charge in [-0.2, -0.15) is 0 Å². The molecule has 0 saturated heterocycles. The Labute approximate surface area is 119 Å². The van der Waals surface area contributed by atoms with E-state index >= 15 is 0 Å². The summed E-state index contributed by atoms with van der Waals surface area (Å²) in [6.07, 6.45) is 4.64. The minimum Gasteiger partial charge on any atom is -0.396 e. The second-order valence-electron chi connectivity index (χ2n) is 4.68. The molecule has 0 atom stereocenters. The average molecular weight is 291 g/mol. The summed E-state index contributed by atoms with van der Waals surface area (Å²) in [7, 11) is -1.46. The number of aromatic nitrogens is 1. The Morgan fingerprint density at radius 1 is 1.25 bits per heavy atom. The molecule has 5 nitrogen and oxygen atoms in total. The first kappa shape index (κ1) is 14.3. The topological polar surface area (TPSA) is 76.3 Å². The zero-order valence-corrected chi connectivity index (χ0v) is 12.3. The van der Waals surface area contributed by atoms with E-state index in [0.29, 0.717) is 12.2 Å². The Morgan fingerprint density at radius 2 is 2.00 bits per heavy atom. The van der Waals surface area contributed by atoms with Crippen molar-refractivity contribution in [3.63, 3.8) is 0 Å². The van der Waals surface area contributed by atoms with Gasteiger partial charge in [0.25, 0.3) is 0 Å². The molecule has 20 heavy (non-hydrogen) atoms. The van der Waals surface area contributed by atoms with Gasteiger partial charge in [0, 0.05) is 32.2 Å². The fourth-order valence-corrected chi connectivity index (χ4v) is 2.87. The Morgan fingerprint density at radius 3 is 2.60 bits per heavy atom. The number of para-hydroxylation sites is 1. The van der Waals surface area contributed by atoms with Crippen molar-refractivity contribution in [3.05, 3.63) is 48.3 Å². The van der Waals surface area contributed by atoms with Crippen LogP contribution in [0, 0.1) is 0 Å². The zero-order valence-electron chi connectivity index (χ0n) is 11.4. The highest BCUT2D eigenvalue weighted by Gasteiger charge is 2.16. The van der Waals surface area contributed by atoms with Crippen molar-refractivity contribution in [3.8, 4) is 0 Å². The third kappa shape index (κ3) is 3.08. The van der Waals surface area contributed by atoms with E-state index in [-0.39, 0.29) is 10.6 Å². The molecule has 0 aliphatic carbocycles. The van der Waals surface area contributed by atoms with E-state index in [1.165, 1.54) is 6.07 Å². The van der Waals surface area contributed by atoms with Crippen LogP contribution in [0.2, 0.25) is 0 Å². The molecule has 0 aliphatic heterocycles. The van der Waals surface area contributed by atoms with Gasteiger partial charge in [-0.3, -0.25) is 4.98 Å². The Balaban J connectivity index is 2.34. The Bertz CT molecular complexity index is 700. The number of hydrogen-bond acceptors (Lipinski definition) is 5. The third-order valence-corrected chi connectivity index (χ3v) is 4.15. The van der Waals surface area contributed by atoms with Crippen molar-refractivity contribution in [2.75, 3.05) is 23.9 Å². The SMILES string of the molecule is CN(Cc1cccnc1)c1cccc(S(C)(=O)=O)c1N. The van der Waals surface area contributed by atoms with E-state index in [4.69, 9.17) is 5.73 Å². The number of nitrogen functional groups attached to an aromatic ring is 1. The van der Waals surface area contributed by atoms with Gasteiger partial charge in [-0.25, -0.2) is 8.42 Å². The normalized spacial score (nSPS) is 11.3. The van der Waals surface area contributed by atoms with Crippen LogP contribution >= 0.6 is 0 Å². The van der Waals surface area contributed by atoms with E-state index in [1.807, 2.05) is 24.1 Å². The molecule has 0 spiro atoms. The standard InChI is InChI=1S/C14H17N3O2S/c1-17(10-11-5-4-8-16-9-11)12-6-3-7-13(14(12)15)20(2,18)19/h3-9H,10,15H2,1-2H3. The van der Waals surface area contributed by atoms with Crippen LogP contribution in [0.1, 0.15) is 5.56 Å². The third-order valence-electron chi connectivity index (χ3n) is 3.00. The van der Waals surface area contributed by atoms with Crippen LogP contribution < -0.4 is 10.6 Å². The van der Waals surface area contributed by atoms with Gasteiger partial charge in [-0.1, -0.05) is 12.1 Å². The molecular formula is C14H17N3O2S. The lowest BCUT2D eigenvalue weighted by molar-refractivity contribution is 0.602. The number of hydrogen-bond donors (Lipinski definition) is 1. The Hall–Kier alpha value is -2.08. The fourth-order valence-electron chi connectivity index (χ4n) is 2.04. The summed E-state index contributed by atoms with van der Waals surface area (Å²) in [5, 5.41) is 0. The first-order valence-corrected chi connectivity index (χ1v) is 7.97. The number of benzene rings is 1. The van der Waals surface area contributed by atoms with Crippen molar-refractivity contribution < 1.29 is 8.42 Å². The molecule has 2 rings (SSSR count). The van der Waals surface area contributed by atoms with Crippen LogP contribution in [-0.2, 0) is 16.4 Å². The molecule has 0 amide bonds. The summed E-state index contributed by atoms with van der Waals surface area (Å²) in [6.45, 7) is 0.602. The predicted molar refractivity (Wildman–Crippen MR) is 80.3 cm³/mol. The summed E-state index contributed by atoms with van der Waals surface area (Å²) < 4.78 is 23.4. The first-order chi connectivity index (χ1) is 9.39. The lowest BCUT2D eigenvalue weighted by atomic mass is 10.2. The monoisotopic (exact) mass is 291 g/mol. The maximum Gasteiger partial charge on any atom is 0.177 e. The fraction of sp³-hybridized carbons (Fsp3) is 0.214. The number of sulfone groups is 1. The van der Waals surface area contributed by atoms with Crippen LogP contribution in [0.15, 0.2) is 47.6 Å². The van der Waals surface area contributed by atoms with Crippen LogP contribution in [-0.4, -0.2) is 26.7 Å². The van der Waals surface area contributed by atoms with Gasteiger partial charge in [0.15, 0.2) is 9.84 Å². The number of rotatable bonds is 4. The highest BCUT2D eigenvalue weighted by atomic mass is 32.2. The maximum atomic E-state index is 11.7. The molecule has 6 heteroatoms. The number of pyridine rings is 1. The van der Waals surface area contributed by atoms with E-state index < -0.39 is 9.84 Å². The molecule has 0 radical (unpaired) electrons. The molecule has 106 valence electrons. The van der Waals surface area contributed by atoms with E-state index in [2.05, 4.69) is 4.98 Å². The summed E-state index contributed by atoms with van der Waals surface area (Å²) >= 11 is 0. The van der Waals surface area contributed by atoms with Crippen LogP contribution in [0.4, 0.5) is 11.4 Å². The van der Waals surface area contributed by atoms with Crippen molar-refractivity contribution in [2.45, 2.75) is 11.4 Å². The predicted octanol–water partition coefficient (Wildman–Crippen LogP) is 1.70. The summed E-state index contributed by atoms with van der Waals surface area (Å²) in [6, 6.07) is 8.84. The van der Waals surface area contributed by atoms with Crippen molar-refractivity contribution in [1.82, 2.24) is 4.98 Å². The summed E-state index contributed by atoms with van der Waals surface area (Å²) in [4.78, 5) is 6.12. The minimum absolute atomic E-state index is 0.160. The van der Waals surface area contributed by atoms with Gasteiger partial charge >= 0.3 is 0 Å². The summed E-state index contributed by atoms with van der Waals surface area (Å²) in [5.74, 6) is 0. The molecule has 2 N–H and O–H groups in total. The first-order valence-electron chi connectivity index (χ1n) is 6.08. The average Bonchev–Trinajstić information content (AvgIpc) is 2.38. The van der Waals surface area contributed by atoms with Gasteiger partial charge in [0.2, 0.25) is 0 Å². The summed E-state index contributed by atoms with van der Waals surface area (Å²) in [5.41, 5.74) is 7.99. The zero-order chi connectivity index (χ0) is 14.8. The second-order valence-corrected chi connectivity index (χ2v) is 6.66. The largest absolute Gasteiger partial charge is 0.396 e. The van der Waals surface area contributed by atoms with Crippen molar-refractivity contribution in [1.29, 1.82) is 0 Å². The highest BCUT2D eigenvalue weighted by Crippen LogP contribution is 2.29. The minimum atomic E-state index is -3.33. The van der Waals surface area contributed by atoms with Crippen molar-refractivity contribution in [2.24, 2.45) is 0 Å². The van der Waals surface area contributed by atoms with E-state index in [1.54, 1.807) is 24.5 Å². The molecule has 0 bridgehead atoms. The van der Waals surface area contributed by atoms with E-state index in [9.17, 15) is 8.42 Å². The molecule has 2 aromatic rings. The smallest absolute Gasteiger partial charge is 0.177 e. The molecule has 0 fully saturated rings. The van der Waals surface area contributed by atoms with Crippen LogP contribution in [0.25, 0.3) is 0 Å². The molecule has 0 unspecified atom stereocenters. The molecule has 1 aromatic heterocycles. The van der Waals surface area contributed by atoms with Crippen LogP contribution in [0.3, 0.4) is 0 Å². The molecule has 0 aliphatic rings. The second kappa shape index (κ2) is 5.50. The quantitative estimate of drug-likeness (QED) is 0.868. The lowest BCUT2D eigenvalue weighted by Gasteiger charge is -2.22. The number of nitrogens with two attached hydrogens (primary N) is 1. The van der Waals surface area contributed by atoms with Gasteiger partial charge in [-0.05, 0) is 23.8 Å². The number of anilines is 2. The van der Waals surface area contributed by atoms with Gasteiger partial charge in [-0.15, -0.1) is 0 Å². The van der Waals surface area contributed by atoms with Crippen LogP contribution in [0.5, 0.6) is 0 Å². The molecule has 0 saturated carbocycles. The number of nitrogens with zero attached hydrogens (tertiary/aromatic N) is 2. The Kier molecular flexibility index (Phi) is 3.94. The van der Waals surface area contributed by atoms with Gasteiger partial charge in [0.05, 0.1) is 16.3 Å². The lowest BCUT2D eigenvalue weighted by Crippen LogP contribution is -2.19. The molecular weight excluding hydrogens is 274 g/mol. The van der Waals surface area contributed by atoms with Gasteiger partial charge < -0.3 is 10.6 Å². The molecule has 1 heterocycles. The maximum absolute atomic E-state index is 11.7. The van der Waals surface area contributed by atoms with Crippen molar-refractivity contribution >= 4 is 21.2 Å². The highest BCUT2D eigenvalue weighted by molar-refractivity contribution is 7.90.